The Kier molecular flexibility index (Phi) is 6.07. The summed E-state index contributed by atoms with van der Waals surface area (Å²) in [6.07, 6.45) is 4.75. The number of fused-ring (bicyclic) bond motifs is 1. The second-order valence-corrected chi connectivity index (χ2v) is 6.25. The zero-order valence-corrected chi connectivity index (χ0v) is 14.0. The summed E-state index contributed by atoms with van der Waals surface area (Å²) in [5, 5.41) is 9.43. The van der Waals surface area contributed by atoms with Gasteiger partial charge in [-0.3, -0.25) is 15.1 Å². The molecule has 130 valence electrons. The number of nitrogens with one attached hydrogen (secondary N) is 3. The summed E-state index contributed by atoms with van der Waals surface area (Å²) in [7, 11) is 0. The SMILES string of the molecule is O=C1CCCN=C(NCCCNCC2CCc3ccccc3O2)N1. The number of para-hydroxylation sites is 1. The largest absolute Gasteiger partial charge is 0.489 e. The Balaban J connectivity index is 1.28. The Morgan fingerprint density at radius 1 is 1.25 bits per heavy atom. The molecular formula is C18H26N4O2. The first-order valence-corrected chi connectivity index (χ1v) is 8.85. The maximum Gasteiger partial charge on any atom is 0.226 e. The van der Waals surface area contributed by atoms with E-state index in [1.165, 1.54) is 5.56 Å². The van der Waals surface area contributed by atoms with Crippen LogP contribution >= 0.6 is 0 Å². The molecule has 1 unspecified atom stereocenters. The van der Waals surface area contributed by atoms with Crippen molar-refractivity contribution in [3.8, 4) is 5.75 Å². The Bertz CT molecular complexity index is 588. The van der Waals surface area contributed by atoms with Crippen LogP contribution < -0.4 is 20.7 Å². The van der Waals surface area contributed by atoms with Crippen molar-refractivity contribution >= 4 is 11.9 Å². The number of aliphatic imine (C=N–C) groups is 1. The van der Waals surface area contributed by atoms with Gasteiger partial charge < -0.3 is 15.4 Å². The van der Waals surface area contributed by atoms with Crippen LogP contribution in [0.4, 0.5) is 0 Å². The van der Waals surface area contributed by atoms with Crippen molar-refractivity contribution in [1.29, 1.82) is 0 Å². The molecule has 2 aliphatic rings. The lowest BCUT2D eigenvalue weighted by Gasteiger charge is -2.26. The van der Waals surface area contributed by atoms with Gasteiger partial charge in [0.05, 0.1) is 0 Å². The van der Waals surface area contributed by atoms with Gasteiger partial charge in [0.15, 0.2) is 5.96 Å². The Morgan fingerprint density at radius 2 is 2.17 bits per heavy atom. The minimum atomic E-state index is 0.0478. The topological polar surface area (TPSA) is 74.8 Å². The van der Waals surface area contributed by atoms with Gasteiger partial charge in [0.25, 0.3) is 0 Å². The lowest BCUT2D eigenvalue weighted by atomic mass is 10.0. The maximum absolute atomic E-state index is 11.4. The highest BCUT2D eigenvalue weighted by Crippen LogP contribution is 2.26. The molecule has 6 heteroatoms. The number of rotatable bonds is 6. The predicted molar refractivity (Wildman–Crippen MR) is 94.3 cm³/mol. The molecule has 0 saturated heterocycles. The van der Waals surface area contributed by atoms with E-state index in [4.69, 9.17) is 4.74 Å². The normalized spacial score (nSPS) is 20.2. The second-order valence-electron chi connectivity index (χ2n) is 6.25. The summed E-state index contributed by atoms with van der Waals surface area (Å²) in [6.45, 7) is 3.28. The number of amides is 1. The first-order valence-electron chi connectivity index (χ1n) is 8.85. The maximum atomic E-state index is 11.4. The number of hydrogen-bond donors (Lipinski definition) is 3. The second kappa shape index (κ2) is 8.68. The van der Waals surface area contributed by atoms with Gasteiger partial charge in [-0.05, 0) is 43.9 Å². The fourth-order valence-electron chi connectivity index (χ4n) is 2.97. The van der Waals surface area contributed by atoms with E-state index < -0.39 is 0 Å². The van der Waals surface area contributed by atoms with Crippen LogP contribution in [0, 0.1) is 0 Å². The van der Waals surface area contributed by atoms with Crippen LogP contribution in [0.5, 0.6) is 5.75 Å². The van der Waals surface area contributed by atoms with Crippen LogP contribution in [-0.2, 0) is 11.2 Å². The Morgan fingerprint density at radius 3 is 3.12 bits per heavy atom. The van der Waals surface area contributed by atoms with Crippen molar-refractivity contribution in [2.24, 2.45) is 4.99 Å². The molecule has 0 bridgehead atoms. The number of carbonyl (C=O) groups excluding carboxylic acids is 1. The lowest BCUT2D eigenvalue weighted by molar-refractivity contribution is -0.119. The van der Waals surface area contributed by atoms with Gasteiger partial charge in [-0.2, -0.15) is 0 Å². The van der Waals surface area contributed by atoms with E-state index in [2.05, 4.69) is 33.1 Å². The summed E-state index contributed by atoms with van der Waals surface area (Å²) in [6, 6.07) is 8.27. The van der Waals surface area contributed by atoms with Gasteiger partial charge in [0, 0.05) is 26.1 Å². The van der Waals surface area contributed by atoms with Crippen molar-refractivity contribution in [1.82, 2.24) is 16.0 Å². The average Bonchev–Trinajstić information content (AvgIpc) is 2.82. The molecule has 0 spiro atoms. The van der Waals surface area contributed by atoms with Gasteiger partial charge in [-0.1, -0.05) is 18.2 Å². The highest BCUT2D eigenvalue weighted by molar-refractivity contribution is 5.97. The fraction of sp³-hybridized carbons (Fsp3) is 0.556. The third kappa shape index (κ3) is 4.96. The minimum Gasteiger partial charge on any atom is -0.489 e. The predicted octanol–water partition coefficient (Wildman–Crippen LogP) is 1.22. The summed E-state index contributed by atoms with van der Waals surface area (Å²) < 4.78 is 6.01. The highest BCUT2D eigenvalue weighted by Gasteiger charge is 2.18. The number of hydrogen-bond acceptors (Lipinski definition) is 5. The molecule has 0 aliphatic carbocycles. The van der Waals surface area contributed by atoms with Crippen molar-refractivity contribution in [3.63, 3.8) is 0 Å². The van der Waals surface area contributed by atoms with E-state index in [-0.39, 0.29) is 12.0 Å². The van der Waals surface area contributed by atoms with E-state index in [1.807, 2.05) is 12.1 Å². The molecule has 1 atom stereocenters. The number of carbonyl (C=O) groups is 1. The summed E-state index contributed by atoms with van der Waals surface area (Å²) in [5.41, 5.74) is 1.31. The minimum absolute atomic E-state index is 0.0478. The van der Waals surface area contributed by atoms with Crippen LogP contribution in [0.1, 0.15) is 31.2 Å². The molecule has 0 radical (unpaired) electrons. The van der Waals surface area contributed by atoms with E-state index >= 15 is 0 Å². The summed E-state index contributed by atoms with van der Waals surface area (Å²) in [5.74, 6) is 1.69. The molecule has 0 saturated carbocycles. The standard InChI is InChI=1S/C18H26N4O2/c23-17-7-3-11-20-18(22-17)21-12-4-10-19-13-15-9-8-14-5-1-2-6-16(14)24-15/h1-2,5-6,15,19H,3-4,7-13H2,(H2,20,21,22,23). The van der Waals surface area contributed by atoms with Gasteiger partial charge in [-0.15, -0.1) is 0 Å². The van der Waals surface area contributed by atoms with Crippen LogP contribution in [0.3, 0.4) is 0 Å². The molecule has 0 fully saturated rings. The van der Waals surface area contributed by atoms with Gasteiger partial charge in [-0.25, -0.2) is 0 Å². The molecule has 3 N–H and O–H groups in total. The van der Waals surface area contributed by atoms with E-state index in [0.29, 0.717) is 18.9 Å². The molecule has 2 heterocycles. The van der Waals surface area contributed by atoms with Crippen molar-refractivity contribution < 1.29 is 9.53 Å². The third-order valence-corrected chi connectivity index (χ3v) is 4.29. The van der Waals surface area contributed by atoms with Gasteiger partial charge in [0.2, 0.25) is 5.91 Å². The lowest BCUT2D eigenvalue weighted by Crippen LogP contribution is -2.41. The van der Waals surface area contributed by atoms with Gasteiger partial charge >= 0.3 is 0 Å². The first-order chi connectivity index (χ1) is 11.8. The molecule has 1 aromatic carbocycles. The molecule has 3 rings (SSSR count). The fourth-order valence-corrected chi connectivity index (χ4v) is 2.97. The Labute approximate surface area is 143 Å². The molecule has 1 amide bonds. The summed E-state index contributed by atoms with van der Waals surface area (Å²) in [4.78, 5) is 15.8. The van der Waals surface area contributed by atoms with E-state index in [9.17, 15) is 4.79 Å². The molecular weight excluding hydrogens is 304 g/mol. The molecule has 0 aromatic heterocycles. The quantitative estimate of drug-likeness (QED) is 0.686. The van der Waals surface area contributed by atoms with Crippen molar-refractivity contribution in [3.05, 3.63) is 29.8 Å². The average molecular weight is 330 g/mol. The molecule has 24 heavy (non-hydrogen) atoms. The Hall–Kier alpha value is -2.08. The highest BCUT2D eigenvalue weighted by atomic mass is 16.5. The molecule has 1 aromatic rings. The zero-order chi connectivity index (χ0) is 16.6. The zero-order valence-electron chi connectivity index (χ0n) is 14.0. The first kappa shape index (κ1) is 16.8. The number of ether oxygens (including phenoxy) is 1. The van der Waals surface area contributed by atoms with Crippen LogP contribution in [0.25, 0.3) is 0 Å². The number of nitrogens with zero attached hydrogens (tertiary/aromatic N) is 1. The van der Waals surface area contributed by atoms with E-state index in [0.717, 1.165) is 51.1 Å². The third-order valence-electron chi connectivity index (χ3n) is 4.29. The van der Waals surface area contributed by atoms with Crippen molar-refractivity contribution in [2.45, 2.75) is 38.2 Å². The van der Waals surface area contributed by atoms with Crippen LogP contribution in [-0.4, -0.2) is 44.1 Å². The number of guanidine groups is 1. The number of aryl methyl sites for hydroxylation is 1. The molecule has 2 aliphatic heterocycles. The van der Waals surface area contributed by atoms with Crippen LogP contribution in [0.15, 0.2) is 29.3 Å². The van der Waals surface area contributed by atoms with Crippen molar-refractivity contribution in [2.75, 3.05) is 26.2 Å². The smallest absolute Gasteiger partial charge is 0.226 e. The number of benzene rings is 1. The molecule has 6 nitrogen and oxygen atoms in total. The monoisotopic (exact) mass is 330 g/mol. The van der Waals surface area contributed by atoms with E-state index in [1.54, 1.807) is 0 Å². The summed E-state index contributed by atoms with van der Waals surface area (Å²) >= 11 is 0. The van der Waals surface area contributed by atoms with Gasteiger partial charge in [0.1, 0.15) is 11.9 Å². The van der Waals surface area contributed by atoms with Crippen LogP contribution in [0.2, 0.25) is 0 Å².